The van der Waals surface area contributed by atoms with Gasteiger partial charge in [0.2, 0.25) is 5.78 Å². The maximum atomic E-state index is 13.3. The second-order valence-electron chi connectivity index (χ2n) is 7.95. The normalized spacial score (nSPS) is 24.6. The Labute approximate surface area is 170 Å². The second-order valence-corrected chi connectivity index (χ2v) is 7.95. The first-order valence-corrected chi connectivity index (χ1v) is 10.2. The van der Waals surface area contributed by atoms with Crippen molar-refractivity contribution in [1.29, 1.82) is 0 Å². The van der Waals surface area contributed by atoms with Crippen molar-refractivity contribution in [2.24, 2.45) is 0 Å². The van der Waals surface area contributed by atoms with Crippen molar-refractivity contribution < 1.29 is 29.0 Å². The minimum atomic E-state index is -1.96. The quantitative estimate of drug-likeness (QED) is 0.224. The lowest BCUT2D eigenvalue weighted by Crippen LogP contribution is -2.50. The van der Waals surface area contributed by atoms with Gasteiger partial charge in [0, 0.05) is 17.5 Å². The molecule has 6 heteroatoms. The molecule has 1 aliphatic heterocycles. The van der Waals surface area contributed by atoms with E-state index in [0.717, 1.165) is 24.8 Å². The summed E-state index contributed by atoms with van der Waals surface area (Å²) >= 11 is 0. The fourth-order valence-corrected chi connectivity index (χ4v) is 3.98. The summed E-state index contributed by atoms with van der Waals surface area (Å²) in [5.41, 5.74) is -1.79. The van der Waals surface area contributed by atoms with Crippen molar-refractivity contribution in [3.63, 3.8) is 0 Å². The van der Waals surface area contributed by atoms with Crippen LogP contribution in [0.2, 0.25) is 0 Å². The topological polar surface area (TPSA) is 93.2 Å². The molecule has 0 aromatic heterocycles. The largest absolute Gasteiger partial charge is 0.463 e. The highest BCUT2D eigenvalue weighted by atomic mass is 16.7. The molecule has 29 heavy (non-hydrogen) atoms. The Hall–Kier alpha value is -2.31. The van der Waals surface area contributed by atoms with Crippen molar-refractivity contribution in [3.8, 4) is 0 Å². The van der Waals surface area contributed by atoms with Crippen LogP contribution in [-0.2, 0) is 14.3 Å². The van der Waals surface area contributed by atoms with E-state index in [1.54, 1.807) is 32.0 Å². The fourth-order valence-electron chi connectivity index (χ4n) is 3.98. The molecule has 3 rings (SSSR count). The van der Waals surface area contributed by atoms with Crippen LogP contribution in [0.25, 0.3) is 0 Å². The number of ketones is 2. The lowest BCUT2D eigenvalue weighted by molar-refractivity contribution is -0.148. The van der Waals surface area contributed by atoms with Crippen LogP contribution in [0.5, 0.6) is 0 Å². The zero-order valence-electron chi connectivity index (χ0n) is 17.2. The predicted octanol–water partition coefficient (Wildman–Crippen LogP) is 3.42. The smallest absolute Gasteiger partial charge is 0.350 e. The number of aliphatic hydroxyl groups is 1. The van der Waals surface area contributed by atoms with Gasteiger partial charge in [-0.15, -0.1) is 0 Å². The lowest BCUT2D eigenvalue weighted by atomic mass is 9.71. The lowest BCUT2D eigenvalue weighted by Gasteiger charge is -2.24. The number of fused-ring (bicyclic) bond motifs is 2. The molecule has 0 bridgehead atoms. The van der Waals surface area contributed by atoms with Crippen LogP contribution in [-0.4, -0.2) is 47.1 Å². The number of Topliss-reactive ketones (excluding diaryl/α,β-unsaturated/α-hetero) is 2. The number of carbonyl (C=O) groups is 3. The molecule has 1 aromatic carbocycles. The average Bonchev–Trinajstić information content (AvgIpc) is 3.41. The standard InChI is InChI=1S/C23H28O6/c1-4-5-6-9-12-28-21(27)23-20(26)18-11-8-7-10-17(18)19(25)22(23,29-23)13-16(14-24)15(2)3/h7-8,10-11,24H,4-6,9,12-14H2,1-3H3. The number of unbranched alkanes of at least 4 members (excludes halogenated alkanes) is 3. The summed E-state index contributed by atoms with van der Waals surface area (Å²) in [6.45, 7) is 5.60. The van der Waals surface area contributed by atoms with Gasteiger partial charge in [0.25, 0.3) is 5.60 Å². The Kier molecular flexibility index (Phi) is 6.05. The molecule has 2 aliphatic rings. The minimum Gasteiger partial charge on any atom is -0.463 e. The van der Waals surface area contributed by atoms with E-state index in [9.17, 15) is 19.5 Å². The predicted molar refractivity (Wildman–Crippen MR) is 107 cm³/mol. The van der Waals surface area contributed by atoms with Crippen LogP contribution in [0, 0.1) is 0 Å². The van der Waals surface area contributed by atoms with Crippen LogP contribution in [0.15, 0.2) is 35.4 Å². The van der Waals surface area contributed by atoms with E-state index >= 15 is 0 Å². The Bertz CT molecular complexity index is 866. The Morgan fingerprint density at radius 2 is 1.72 bits per heavy atom. The summed E-state index contributed by atoms with van der Waals surface area (Å²) in [4.78, 5) is 39.6. The summed E-state index contributed by atoms with van der Waals surface area (Å²) in [7, 11) is 0. The van der Waals surface area contributed by atoms with E-state index in [1.807, 2.05) is 0 Å². The molecule has 0 saturated carbocycles. The van der Waals surface area contributed by atoms with Crippen molar-refractivity contribution in [2.45, 2.75) is 64.1 Å². The minimum absolute atomic E-state index is 0.0182. The number of carbonyl (C=O) groups excluding carboxylic acids is 3. The third-order valence-corrected chi connectivity index (χ3v) is 5.84. The van der Waals surface area contributed by atoms with Gasteiger partial charge in [0.1, 0.15) is 0 Å². The van der Waals surface area contributed by atoms with Gasteiger partial charge in [-0.3, -0.25) is 9.59 Å². The van der Waals surface area contributed by atoms with Gasteiger partial charge in [0.05, 0.1) is 13.2 Å². The molecule has 1 aromatic rings. The monoisotopic (exact) mass is 400 g/mol. The summed E-state index contributed by atoms with van der Waals surface area (Å²) in [5.74, 6) is -1.77. The van der Waals surface area contributed by atoms with E-state index < -0.39 is 28.7 Å². The Balaban J connectivity index is 1.95. The molecule has 6 nitrogen and oxygen atoms in total. The fraction of sp³-hybridized carbons (Fsp3) is 0.522. The molecule has 2 unspecified atom stereocenters. The van der Waals surface area contributed by atoms with Crippen LogP contribution in [0.4, 0.5) is 0 Å². The number of aliphatic hydroxyl groups excluding tert-OH is 1. The molecular weight excluding hydrogens is 372 g/mol. The zero-order valence-corrected chi connectivity index (χ0v) is 17.2. The summed E-state index contributed by atoms with van der Waals surface area (Å²) < 4.78 is 11.2. The number of benzene rings is 1. The van der Waals surface area contributed by atoms with Gasteiger partial charge in [-0.25, -0.2) is 4.79 Å². The maximum Gasteiger partial charge on any atom is 0.350 e. The highest BCUT2D eigenvalue weighted by molar-refractivity contribution is 6.32. The summed E-state index contributed by atoms with van der Waals surface area (Å²) in [5, 5.41) is 9.73. The van der Waals surface area contributed by atoms with E-state index in [0.29, 0.717) is 12.0 Å². The number of ether oxygens (including phenoxy) is 2. The second kappa shape index (κ2) is 8.20. The third kappa shape index (κ3) is 3.34. The molecule has 1 aliphatic carbocycles. The molecule has 1 N–H and O–H groups in total. The van der Waals surface area contributed by atoms with E-state index in [-0.39, 0.29) is 30.8 Å². The number of esters is 1. The molecule has 0 spiro atoms. The molecule has 156 valence electrons. The summed E-state index contributed by atoms with van der Waals surface area (Å²) in [6.07, 6.45) is 3.69. The SMILES string of the molecule is CCCCCCOC(=O)C12OC1(CC(CO)=C(C)C)C(=O)c1ccccc1C2=O. The van der Waals surface area contributed by atoms with Gasteiger partial charge in [-0.2, -0.15) is 0 Å². The first-order valence-electron chi connectivity index (χ1n) is 10.2. The van der Waals surface area contributed by atoms with Crippen molar-refractivity contribution in [2.75, 3.05) is 13.2 Å². The number of epoxide rings is 1. The molecule has 1 saturated heterocycles. The van der Waals surface area contributed by atoms with Gasteiger partial charge in [-0.05, 0) is 25.8 Å². The van der Waals surface area contributed by atoms with Gasteiger partial charge < -0.3 is 14.6 Å². The number of rotatable bonds is 9. The molecule has 0 amide bonds. The van der Waals surface area contributed by atoms with E-state index in [1.165, 1.54) is 6.07 Å². The Morgan fingerprint density at radius 1 is 1.07 bits per heavy atom. The van der Waals surface area contributed by atoms with E-state index in [2.05, 4.69) is 6.92 Å². The number of allylic oxidation sites excluding steroid dienone is 1. The molecule has 1 heterocycles. The summed E-state index contributed by atoms with van der Waals surface area (Å²) in [6, 6.07) is 6.43. The van der Waals surface area contributed by atoms with Gasteiger partial charge in [0.15, 0.2) is 11.4 Å². The first-order chi connectivity index (χ1) is 13.9. The molecule has 2 atom stereocenters. The third-order valence-electron chi connectivity index (χ3n) is 5.84. The maximum absolute atomic E-state index is 13.3. The van der Waals surface area contributed by atoms with Crippen molar-refractivity contribution in [1.82, 2.24) is 0 Å². The zero-order chi connectivity index (χ0) is 21.2. The molecule has 1 fully saturated rings. The van der Waals surface area contributed by atoms with Gasteiger partial charge in [-0.1, -0.05) is 56.0 Å². The average molecular weight is 400 g/mol. The highest BCUT2D eigenvalue weighted by Gasteiger charge is 2.85. The van der Waals surface area contributed by atoms with Crippen molar-refractivity contribution >= 4 is 17.5 Å². The number of hydrogen-bond acceptors (Lipinski definition) is 6. The van der Waals surface area contributed by atoms with E-state index in [4.69, 9.17) is 9.47 Å². The van der Waals surface area contributed by atoms with Crippen LogP contribution < -0.4 is 0 Å². The van der Waals surface area contributed by atoms with Crippen LogP contribution in [0.3, 0.4) is 0 Å². The first kappa shape index (κ1) is 21.4. The number of hydrogen-bond donors (Lipinski definition) is 1. The van der Waals surface area contributed by atoms with Gasteiger partial charge >= 0.3 is 5.97 Å². The molecular formula is C23H28O6. The van der Waals surface area contributed by atoms with Crippen molar-refractivity contribution in [3.05, 3.63) is 46.5 Å². The highest BCUT2D eigenvalue weighted by Crippen LogP contribution is 2.59. The van der Waals surface area contributed by atoms with Crippen LogP contribution in [0.1, 0.15) is 73.6 Å². The van der Waals surface area contributed by atoms with Crippen LogP contribution >= 0.6 is 0 Å². The molecule has 0 radical (unpaired) electrons. The Morgan fingerprint density at radius 3 is 2.31 bits per heavy atom.